The quantitative estimate of drug-likeness (QED) is 0.590. The number of furan rings is 1. The average molecular weight is 228 g/mol. The molecule has 0 spiro atoms. The standard InChI is InChI=1S/C11H16O5/c1-3-6-15-7-8(12)9-4-5-10(16-9)11(13)14-2/h4-5,8,12H,3,6-7H2,1-2H3. The van der Waals surface area contributed by atoms with Gasteiger partial charge in [-0.15, -0.1) is 0 Å². The van der Waals surface area contributed by atoms with E-state index in [4.69, 9.17) is 9.15 Å². The molecule has 0 radical (unpaired) electrons. The molecule has 0 saturated heterocycles. The van der Waals surface area contributed by atoms with Gasteiger partial charge in [-0.3, -0.25) is 0 Å². The first kappa shape index (κ1) is 12.7. The summed E-state index contributed by atoms with van der Waals surface area (Å²) in [7, 11) is 1.27. The molecule has 0 aliphatic rings. The zero-order valence-electron chi connectivity index (χ0n) is 9.43. The van der Waals surface area contributed by atoms with Gasteiger partial charge in [-0.25, -0.2) is 4.79 Å². The van der Waals surface area contributed by atoms with Gasteiger partial charge in [-0.1, -0.05) is 6.92 Å². The molecule has 0 amide bonds. The monoisotopic (exact) mass is 228 g/mol. The van der Waals surface area contributed by atoms with E-state index < -0.39 is 12.1 Å². The second kappa shape index (κ2) is 6.30. The lowest BCUT2D eigenvalue weighted by Gasteiger charge is -2.07. The molecule has 0 aliphatic heterocycles. The Labute approximate surface area is 94.0 Å². The molecule has 90 valence electrons. The lowest BCUT2D eigenvalue weighted by Crippen LogP contribution is -2.07. The lowest BCUT2D eigenvalue weighted by atomic mass is 10.3. The van der Waals surface area contributed by atoms with E-state index in [0.717, 1.165) is 6.42 Å². The number of ether oxygens (including phenoxy) is 2. The Kier molecular flexibility index (Phi) is 5.01. The highest BCUT2D eigenvalue weighted by Crippen LogP contribution is 2.17. The van der Waals surface area contributed by atoms with Gasteiger partial charge in [0.2, 0.25) is 5.76 Å². The van der Waals surface area contributed by atoms with Crippen LogP contribution in [-0.2, 0) is 9.47 Å². The first-order valence-corrected chi connectivity index (χ1v) is 5.13. The minimum atomic E-state index is -0.857. The first-order valence-electron chi connectivity index (χ1n) is 5.13. The average Bonchev–Trinajstić information content (AvgIpc) is 2.77. The largest absolute Gasteiger partial charge is 0.463 e. The fourth-order valence-corrected chi connectivity index (χ4v) is 1.16. The molecule has 1 unspecified atom stereocenters. The van der Waals surface area contributed by atoms with Crippen molar-refractivity contribution in [3.8, 4) is 0 Å². The number of aliphatic hydroxyl groups is 1. The summed E-state index contributed by atoms with van der Waals surface area (Å²) in [5, 5.41) is 9.64. The Morgan fingerprint density at radius 1 is 1.56 bits per heavy atom. The summed E-state index contributed by atoms with van der Waals surface area (Å²) in [5.41, 5.74) is 0. The van der Waals surface area contributed by atoms with Gasteiger partial charge in [0.05, 0.1) is 13.7 Å². The van der Waals surface area contributed by atoms with Crippen LogP contribution < -0.4 is 0 Å². The molecule has 1 N–H and O–H groups in total. The van der Waals surface area contributed by atoms with E-state index in [0.29, 0.717) is 12.4 Å². The van der Waals surface area contributed by atoms with Crippen LogP contribution in [0.25, 0.3) is 0 Å². The summed E-state index contributed by atoms with van der Waals surface area (Å²) >= 11 is 0. The molecule has 1 aromatic heterocycles. The fourth-order valence-electron chi connectivity index (χ4n) is 1.16. The van der Waals surface area contributed by atoms with Crippen molar-refractivity contribution in [1.29, 1.82) is 0 Å². The minimum absolute atomic E-state index is 0.0760. The van der Waals surface area contributed by atoms with Crippen molar-refractivity contribution in [2.75, 3.05) is 20.3 Å². The number of hydrogen-bond donors (Lipinski definition) is 1. The molecule has 5 heteroatoms. The highest BCUT2D eigenvalue weighted by molar-refractivity contribution is 5.86. The zero-order chi connectivity index (χ0) is 12.0. The normalized spacial score (nSPS) is 12.4. The van der Waals surface area contributed by atoms with Crippen molar-refractivity contribution in [2.24, 2.45) is 0 Å². The van der Waals surface area contributed by atoms with Crippen LogP contribution in [-0.4, -0.2) is 31.4 Å². The van der Waals surface area contributed by atoms with Crippen LogP contribution in [0.4, 0.5) is 0 Å². The van der Waals surface area contributed by atoms with E-state index in [1.807, 2.05) is 6.92 Å². The summed E-state index contributed by atoms with van der Waals surface area (Å²) in [6.07, 6.45) is 0.0307. The van der Waals surface area contributed by atoms with Gasteiger partial charge in [-0.05, 0) is 18.6 Å². The van der Waals surface area contributed by atoms with Crippen LogP contribution in [0.15, 0.2) is 16.5 Å². The fraction of sp³-hybridized carbons (Fsp3) is 0.545. The maximum atomic E-state index is 11.1. The third-order valence-corrected chi connectivity index (χ3v) is 1.97. The Morgan fingerprint density at radius 3 is 2.94 bits per heavy atom. The van der Waals surface area contributed by atoms with E-state index in [9.17, 15) is 9.90 Å². The summed E-state index contributed by atoms with van der Waals surface area (Å²) in [4.78, 5) is 11.1. The number of carbonyl (C=O) groups excluding carboxylic acids is 1. The molecular weight excluding hydrogens is 212 g/mol. The van der Waals surface area contributed by atoms with Gasteiger partial charge in [-0.2, -0.15) is 0 Å². The van der Waals surface area contributed by atoms with Crippen LogP contribution in [0, 0.1) is 0 Å². The van der Waals surface area contributed by atoms with Gasteiger partial charge in [0.25, 0.3) is 0 Å². The summed E-state index contributed by atoms with van der Waals surface area (Å²) in [6.45, 7) is 2.72. The van der Waals surface area contributed by atoms with Crippen molar-refractivity contribution >= 4 is 5.97 Å². The smallest absolute Gasteiger partial charge is 0.373 e. The van der Waals surface area contributed by atoms with E-state index in [1.165, 1.54) is 19.2 Å². The van der Waals surface area contributed by atoms with E-state index in [1.54, 1.807) is 0 Å². The molecule has 1 rings (SSSR count). The zero-order valence-corrected chi connectivity index (χ0v) is 9.43. The number of carbonyl (C=O) groups is 1. The van der Waals surface area contributed by atoms with E-state index >= 15 is 0 Å². The van der Waals surface area contributed by atoms with Crippen molar-refractivity contribution in [3.63, 3.8) is 0 Å². The van der Waals surface area contributed by atoms with Crippen LogP contribution in [0.2, 0.25) is 0 Å². The molecular formula is C11H16O5. The maximum absolute atomic E-state index is 11.1. The van der Waals surface area contributed by atoms with Crippen LogP contribution in [0.1, 0.15) is 35.8 Å². The number of esters is 1. The molecule has 0 bridgehead atoms. The van der Waals surface area contributed by atoms with E-state index in [-0.39, 0.29) is 12.4 Å². The maximum Gasteiger partial charge on any atom is 0.373 e. The highest BCUT2D eigenvalue weighted by Gasteiger charge is 2.16. The van der Waals surface area contributed by atoms with Crippen molar-refractivity contribution in [2.45, 2.75) is 19.4 Å². The van der Waals surface area contributed by atoms with Gasteiger partial charge < -0.3 is 19.0 Å². The Hall–Kier alpha value is -1.33. The van der Waals surface area contributed by atoms with Crippen LogP contribution in [0.3, 0.4) is 0 Å². The Bertz CT molecular complexity index is 331. The predicted octanol–water partition coefficient (Wildman–Crippen LogP) is 1.53. The highest BCUT2D eigenvalue weighted by atomic mass is 16.5. The number of methoxy groups -OCH3 is 1. The van der Waals surface area contributed by atoms with Crippen molar-refractivity contribution < 1.29 is 23.8 Å². The molecule has 0 fully saturated rings. The molecule has 1 heterocycles. The van der Waals surface area contributed by atoms with Gasteiger partial charge in [0.15, 0.2) is 0 Å². The van der Waals surface area contributed by atoms with E-state index in [2.05, 4.69) is 4.74 Å². The van der Waals surface area contributed by atoms with Gasteiger partial charge >= 0.3 is 5.97 Å². The molecule has 0 aromatic carbocycles. The molecule has 5 nitrogen and oxygen atoms in total. The third kappa shape index (κ3) is 3.36. The summed E-state index contributed by atoms with van der Waals surface area (Å²) in [5.74, 6) is -0.184. The van der Waals surface area contributed by atoms with Crippen LogP contribution in [0.5, 0.6) is 0 Å². The second-order valence-corrected chi connectivity index (χ2v) is 3.28. The molecule has 1 aromatic rings. The van der Waals surface area contributed by atoms with Crippen LogP contribution >= 0.6 is 0 Å². The van der Waals surface area contributed by atoms with Crippen molar-refractivity contribution in [3.05, 3.63) is 23.7 Å². The number of aliphatic hydroxyl groups excluding tert-OH is 1. The topological polar surface area (TPSA) is 68.9 Å². The van der Waals surface area contributed by atoms with Crippen molar-refractivity contribution in [1.82, 2.24) is 0 Å². The Morgan fingerprint density at radius 2 is 2.31 bits per heavy atom. The predicted molar refractivity (Wildman–Crippen MR) is 56.1 cm³/mol. The second-order valence-electron chi connectivity index (χ2n) is 3.28. The molecule has 0 aliphatic carbocycles. The van der Waals surface area contributed by atoms with Gasteiger partial charge in [0.1, 0.15) is 11.9 Å². The summed E-state index contributed by atoms with van der Waals surface area (Å²) < 4.78 is 14.8. The lowest BCUT2D eigenvalue weighted by molar-refractivity contribution is 0.0236. The number of hydrogen-bond acceptors (Lipinski definition) is 5. The molecule has 16 heavy (non-hydrogen) atoms. The minimum Gasteiger partial charge on any atom is -0.463 e. The molecule has 1 atom stereocenters. The summed E-state index contributed by atoms with van der Waals surface area (Å²) in [6, 6.07) is 3.00. The third-order valence-electron chi connectivity index (χ3n) is 1.97. The van der Waals surface area contributed by atoms with Gasteiger partial charge in [0, 0.05) is 6.61 Å². The molecule has 0 saturated carbocycles. The number of rotatable bonds is 6. The first-order chi connectivity index (χ1) is 7.69. The SMILES string of the molecule is CCCOCC(O)c1ccc(C(=O)OC)o1. The Balaban J connectivity index is 2.52.